The average molecular weight is 277 g/mol. The maximum absolute atomic E-state index is 11.8. The maximum atomic E-state index is 11.8. The van der Waals surface area contributed by atoms with Gasteiger partial charge in [-0.25, -0.2) is 0 Å². The molecule has 4 nitrogen and oxygen atoms in total. The minimum atomic E-state index is -4.23. The van der Waals surface area contributed by atoms with Crippen molar-refractivity contribution in [3.05, 3.63) is 0 Å². The Labute approximate surface area is 104 Å². The Morgan fingerprint density at radius 3 is 2.71 bits per heavy atom. The molecule has 1 aliphatic rings. The first kappa shape index (κ1) is 16.5. The van der Waals surface area contributed by atoms with Crippen LogP contribution < -0.4 is 10.6 Å². The highest BCUT2D eigenvalue weighted by molar-refractivity contribution is 5.85. The van der Waals surface area contributed by atoms with Crippen molar-refractivity contribution in [2.75, 3.05) is 26.2 Å². The van der Waals surface area contributed by atoms with Crippen LogP contribution in [-0.2, 0) is 9.53 Å². The molecule has 0 aliphatic carbocycles. The number of rotatable bonds is 4. The zero-order chi connectivity index (χ0) is 12.0. The van der Waals surface area contributed by atoms with Crippen molar-refractivity contribution >= 4 is 18.3 Å². The van der Waals surface area contributed by atoms with Gasteiger partial charge in [-0.3, -0.25) is 4.79 Å². The quantitative estimate of drug-likeness (QED) is 0.801. The third-order valence-electron chi connectivity index (χ3n) is 2.15. The zero-order valence-corrected chi connectivity index (χ0v) is 10.00. The van der Waals surface area contributed by atoms with Gasteiger partial charge in [0.2, 0.25) is 5.91 Å². The first-order valence-electron chi connectivity index (χ1n) is 5.13. The van der Waals surface area contributed by atoms with E-state index < -0.39 is 18.5 Å². The molecule has 2 N–H and O–H groups in total. The van der Waals surface area contributed by atoms with Crippen molar-refractivity contribution in [3.8, 4) is 0 Å². The summed E-state index contributed by atoms with van der Waals surface area (Å²) in [6.45, 7) is 1.46. The summed E-state index contributed by atoms with van der Waals surface area (Å²) < 4.78 is 40.6. The molecule has 1 unspecified atom stereocenters. The SMILES string of the molecule is Cl.O=C(CC1CNCCO1)NCCC(F)(F)F. The Morgan fingerprint density at radius 1 is 1.47 bits per heavy atom. The molecule has 0 aromatic heterocycles. The second-order valence-corrected chi connectivity index (χ2v) is 3.62. The Balaban J connectivity index is 0.00000256. The number of amides is 1. The van der Waals surface area contributed by atoms with Crippen LogP contribution in [-0.4, -0.2) is 44.4 Å². The van der Waals surface area contributed by atoms with Gasteiger partial charge in [-0.1, -0.05) is 0 Å². The van der Waals surface area contributed by atoms with Crippen LogP contribution in [0.2, 0.25) is 0 Å². The van der Waals surface area contributed by atoms with E-state index in [2.05, 4.69) is 10.6 Å². The van der Waals surface area contributed by atoms with Crippen LogP contribution in [0.25, 0.3) is 0 Å². The van der Waals surface area contributed by atoms with Crippen LogP contribution in [0, 0.1) is 0 Å². The lowest BCUT2D eigenvalue weighted by molar-refractivity contribution is -0.136. The fourth-order valence-electron chi connectivity index (χ4n) is 1.37. The molecule has 1 atom stereocenters. The van der Waals surface area contributed by atoms with Gasteiger partial charge >= 0.3 is 6.18 Å². The molecule has 1 amide bonds. The molecule has 1 aliphatic heterocycles. The summed E-state index contributed by atoms with van der Waals surface area (Å²) >= 11 is 0. The third kappa shape index (κ3) is 8.23. The minimum absolute atomic E-state index is 0. The van der Waals surface area contributed by atoms with Crippen LogP contribution in [0.5, 0.6) is 0 Å². The predicted octanol–water partition coefficient (Wildman–Crippen LogP) is 0.855. The van der Waals surface area contributed by atoms with Crippen LogP contribution in [0.15, 0.2) is 0 Å². The Bertz CT molecular complexity index is 233. The molecule has 0 spiro atoms. The van der Waals surface area contributed by atoms with Crippen molar-refractivity contribution < 1.29 is 22.7 Å². The van der Waals surface area contributed by atoms with Gasteiger partial charge in [-0.15, -0.1) is 12.4 Å². The molecule has 1 fully saturated rings. The van der Waals surface area contributed by atoms with Gasteiger partial charge in [0.15, 0.2) is 0 Å². The maximum Gasteiger partial charge on any atom is 0.390 e. The molecule has 0 bridgehead atoms. The van der Waals surface area contributed by atoms with E-state index in [1.165, 1.54) is 0 Å². The van der Waals surface area contributed by atoms with E-state index in [-0.39, 0.29) is 31.5 Å². The van der Waals surface area contributed by atoms with E-state index in [1.54, 1.807) is 0 Å². The van der Waals surface area contributed by atoms with Gasteiger partial charge < -0.3 is 15.4 Å². The number of nitrogens with one attached hydrogen (secondary N) is 2. The highest BCUT2D eigenvalue weighted by Crippen LogP contribution is 2.18. The highest BCUT2D eigenvalue weighted by Gasteiger charge is 2.26. The van der Waals surface area contributed by atoms with Crippen molar-refractivity contribution in [2.45, 2.75) is 25.1 Å². The topological polar surface area (TPSA) is 50.4 Å². The van der Waals surface area contributed by atoms with Crippen LogP contribution in [0.4, 0.5) is 13.2 Å². The van der Waals surface area contributed by atoms with Gasteiger partial charge in [-0.05, 0) is 0 Å². The van der Waals surface area contributed by atoms with Gasteiger partial charge in [-0.2, -0.15) is 13.2 Å². The summed E-state index contributed by atoms with van der Waals surface area (Å²) in [6.07, 6.45) is -5.36. The van der Waals surface area contributed by atoms with Crippen molar-refractivity contribution in [3.63, 3.8) is 0 Å². The minimum Gasteiger partial charge on any atom is -0.375 e. The van der Waals surface area contributed by atoms with Crippen molar-refractivity contribution in [1.82, 2.24) is 10.6 Å². The average Bonchev–Trinajstić information content (AvgIpc) is 2.17. The Kier molecular flexibility index (Phi) is 7.49. The van der Waals surface area contributed by atoms with Crippen molar-refractivity contribution in [1.29, 1.82) is 0 Å². The molecule has 17 heavy (non-hydrogen) atoms. The van der Waals surface area contributed by atoms with E-state index in [9.17, 15) is 18.0 Å². The number of halogens is 4. The molecule has 1 saturated heterocycles. The number of ether oxygens (including phenoxy) is 1. The number of alkyl halides is 3. The van der Waals surface area contributed by atoms with Gasteiger partial charge in [0.05, 0.1) is 25.6 Å². The lowest BCUT2D eigenvalue weighted by Gasteiger charge is -2.23. The number of hydrogen-bond donors (Lipinski definition) is 2. The van der Waals surface area contributed by atoms with E-state index in [0.29, 0.717) is 13.2 Å². The molecule has 0 saturated carbocycles. The number of carbonyl (C=O) groups is 1. The van der Waals surface area contributed by atoms with Crippen LogP contribution >= 0.6 is 12.4 Å². The second-order valence-electron chi connectivity index (χ2n) is 3.62. The first-order chi connectivity index (χ1) is 7.47. The van der Waals surface area contributed by atoms with E-state index in [4.69, 9.17) is 4.74 Å². The Morgan fingerprint density at radius 2 is 2.18 bits per heavy atom. The molecule has 102 valence electrons. The molecule has 0 aromatic carbocycles. The standard InChI is InChI=1S/C9H15F3N2O2.ClH/c10-9(11,12)1-2-14-8(15)5-7-6-13-3-4-16-7;/h7,13H,1-6H2,(H,14,15);1H. The fraction of sp³-hybridized carbons (Fsp3) is 0.889. The Hall–Kier alpha value is -0.530. The van der Waals surface area contributed by atoms with Gasteiger partial charge in [0.25, 0.3) is 0 Å². The molecular weight excluding hydrogens is 261 g/mol. The van der Waals surface area contributed by atoms with E-state index in [1.807, 2.05) is 0 Å². The zero-order valence-electron chi connectivity index (χ0n) is 9.18. The summed E-state index contributed by atoms with van der Waals surface area (Å²) in [6, 6.07) is 0. The largest absolute Gasteiger partial charge is 0.390 e. The molecule has 1 rings (SSSR count). The summed E-state index contributed by atoms with van der Waals surface area (Å²) in [5, 5.41) is 5.26. The normalized spacial score (nSPS) is 20.5. The molecule has 0 radical (unpaired) electrons. The van der Waals surface area contributed by atoms with E-state index >= 15 is 0 Å². The monoisotopic (exact) mass is 276 g/mol. The number of carbonyl (C=O) groups excluding carboxylic acids is 1. The molecule has 8 heteroatoms. The molecule has 1 heterocycles. The van der Waals surface area contributed by atoms with Gasteiger partial charge in [0, 0.05) is 19.6 Å². The van der Waals surface area contributed by atoms with E-state index in [0.717, 1.165) is 6.54 Å². The molecule has 0 aromatic rings. The lowest BCUT2D eigenvalue weighted by atomic mass is 10.2. The van der Waals surface area contributed by atoms with Gasteiger partial charge in [0.1, 0.15) is 0 Å². The highest BCUT2D eigenvalue weighted by atomic mass is 35.5. The smallest absolute Gasteiger partial charge is 0.375 e. The third-order valence-corrected chi connectivity index (χ3v) is 2.15. The lowest BCUT2D eigenvalue weighted by Crippen LogP contribution is -2.41. The fourth-order valence-corrected chi connectivity index (χ4v) is 1.37. The summed E-state index contributed by atoms with van der Waals surface area (Å²) in [7, 11) is 0. The summed E-state index contributed by atoms with van der Waals surface area (Å²) in [4.78, 5) is 11.2. The van der Waals surface area contributed by atoms with Crippen molar-refractivity contribution in [2.24, 2.45) is 0 Å². The molecular formula is C9H16ClF3N2O2. The summed E-state index contributed by atoms with van der Waals surface area (Å²) in [5.41, 5.74) is 0. The second kappa shape index (κ2) is 7.73. The number of morpholine rings is 1. The van der Waals surface area contributed by atoms with Crippen LogP contribution in [0.3, 0.4) is 0 Å². The predicted molar refractivity (Wildman–Crippen MR) is 58.2 cm³/mol. The number of hydrogen-bond acceptors (Lipinski definition) is 3. The first-order valence-corrected chi connectivity index (χ1v) is 5.13. The summed E-state index contributed by atoms with van der Waals surface area (Å²) in [5.74, 6) is -0.405. The van der Waals surface area contributed by atoms with Crippen LogP contribution in [0.1, 0.15) is 12.8 Å².